The van der Waals surface area contributed by atoms with E-state index in [9.17, 15) is 0 Å². The standard InChI is InChI=1S/C55H39N3Si/c1-56-43-29-33-46(34-30-43)57(45-31-27-42(28-32-45)41-17-7-2-8-18-41)47-35-37-54-52(39-47)53-40-51(36-38-55(53)58(54)44-19-9-3-10-20-44)59(48-21-11-4-12-22-48,49-23-13-5-14-24-49)50-25-15-6-16-26-50/h2-40H. The van der Waals surface area contributed by atoms with Gasteiger partial charge in [0.1, 0.15) is 0 Å². The smallest absolute Gasteiger partial charge is 0.187 e. The van der Waals surface area contributed by atoms with Crippen molar-refractivity contribution in [3.8, 4) is 16.8 Å². The van der Waals surface area contributed by atoms with Gasteiger partial charge < -0.3 is 9.47 Å². The molecule has 0 atom stereocenters. The number of rotatable bonds is 9. The highest BCUT2D eigenvalue weighted by Crippen LogP contribution is 2.40. The summed E-state index contributed by atoms with van der Waals surface area (Å²) in [6.45, 7) is 7.63. The van der Waals surface area contributed by atoms with Crippen molar-refractivity contribution in [2.75, 3.05) is 4.90 Å². The summed E-state index contributed by atoms with van der Waals surface area (Å²) in [4.78, 5) is 5.99. The fourth-order valence-electron chi connectivity index (χ4n) is 8.86. The first-order valence-corrected chi connectivity index (χ1v) is 22.0. The average molecular weight is 770 g/mol. The van der Waals surface area contributed by atoms with Gasteiger partial charge in [-0.3, -0.25) is 0 Å². The molecule has 0 saturated heterocycles. The second-order valence-electron chi connectivity index (χ2n) is 14.8. The maximum absolute atomic E-state index is 7.63. The average Bonchev–Trinajstić information content (AvgIpc) is 3.64. The minimum absolute atomic E-state index is 0.616. The first kappa shape index (κ1) is 35.7. The van der Waals surface area contributed by atoms with E-state index in [1.165, 1.54) is 37.1 Å². The fourth-order valence-corrected chi connectivity index (χ4v) is 13.6. The van der Waals surface area contributed by atoms with Gasteiger partial charge in [-0.2, -0.15) is 0 Å². The minimum atomic E-state index is -2.80. The molecule has 10 aromatic rings. The quantitative estimate of drug-likeness (QED) is 0.0809. The van der Waals surface area contributed by atoms with Gasteiger partial charge in [0, 0.05) is 33.5 Å². The molecule has 1 aromatic heterocycles. The van der Waals surface area contributed by atoms with Crippen molar-refractivity contribution in [3.63, 3.8) is 0 Å². The third kappa shape index (κ3) is 6.31. The summed E-state index contributed by atoms with van der Waals surface area (Å²) in [6, 6.07) is 85.3. The van der Waals surface area contributed by atoms with Crippen molar-refractivity contribution < 1.29 is 0 Å². The predicted molar refractivity (Wildman–Crippen MR) is 251 cm³/mol. The number of hydrogen-bond acceptors (Lipinski definition) is 1. The second-order valence-corrected chi connectivity index (χ2v) is 18.6. The summed E-state index contributed by atoms with van der Waals surface area (Å²) in [7, 11) is -2.80. The molecule has 0 aliphatic rings. The summed E-state index contributed by atoms with van der Waals surface area (Å²) >= 11 is 0. The van der Waals surface area contributed by atoms with E-state index in [4.69, 9.17) is 6.57 Å². The molecule has 3 nitrogen and oxygen atoms in total. The Labute approximate surface area is 346 Å². The van der Waals surface area contributed by atoms with Gasteiger partial charge >= 0.3 is 0 Å². The number of anilines is 3. The van der Waals surface area contributed by atoms with Crippen LogP contribution in [0.1, 0.15) is 0 Å². The molecule has 0 aliphatic carbocycles. The molecule has 0 unspecified atom stereocenters. The van der Waals surface area contributed by atoms with Crippen LogP contribution in [-0.4, -0.2) is 12.6 Å². The first-order valence-electron chi connectivity index (χ1n) is 20.0. The van der Waals surface area contributed by atoms with E-state index in [0.29, 0.717) is 5.69 Å². The molecule has 0 N–H and O–H groups in total. The Kier molecular flexibility index (Phi) is 9.27. The van der Waals surface area contributed by atoms with E-state index < -0.39 is 8.07 Å². The van der Waals surface area contributed by atoms with E-state index in [1.807, 2.05) is 30.3 Å². The van der Waals surface area contributed by atoms with Crippen LogP contribution in [-0.2, 0) is 0 Å². The zero-order valence-electron chi connectivity index (χ0n) is 32.4. The van der Waals surface area contributed by atoms with Gasteiger partial charge in [-0.05, 0) is 92.5 Å². The van der Waals surface area contributed by atoms with Crippen LogP contribution in [0, 0.1) is 6.57 Å². The lowest BCUT2D eigenvalue weighted by Gasteiger charge is -2.34. The largest absolute Gasteiger partial charge is 0.311 e. The zero-order chi connectivity index (χ0) is 39.6. The maximum Gasteiger partial charge on any atom is 0.187 e. The van der Waals surface area contributed by atoms with Gasteiger partial charge in [0.05, 0.1) is 17.6 Å². The number of fused-ring (bicyclic) bond motifs is 3. The molecular weight excluding hydrogens is 731 g/mol. The molecule has 10 rings (SSSR count). The normalized spacial score (nSPS) is 11.4. The maximum atomic E-state index is 7.63. The zero-order valence-corrected chi connectivity index (χ0v) is 33.4. The Morgan fingerprint density at radius 1 is 0.373 bits per heavy atom. The highest BCUT2D eigenvalue weighted by atomic mass is 28.3. The molecule has 278 valence electrons. The molecule has 0 fully saturated rings. The Morgan fingerprint density at radius 3 is 1.32 bits per heavy atom. The second kappa shape index (κ2) is 15.3. The third-order valence-electron chi connectivity index (χ3n) is 11.5. The van der Waals surface area contributed by atoms with Gasteiger partial charge in [0.15, 0.2) is 13.8 Å². The van der Waals surface area contributed by atoms with Crippen LogP contribution >= 0.6 is 0 Å². The van der Waals surface area contributed by atoms with Crippen molar-refractivity contribution >= 4 is 73.4 Å². The van der Waals surface area contributed by atoms with Gasteiger partial charge in [0.2, 0.25) is 0 Å². The Morgan fingerprint density at radius 2 is 0.797 bits per heavy atom. The minimum Gasteiger partial charge on any atom is -0.311 e. The van der Waals surface area contributed by atoms with Crippen LogP contribution in [0.2, 0.25) is 0 Å². The van der Waals surface area contributed by atoms with E-state index in [0.717, 1.165) is 39.3 Å². The summed E-state index contributed by atoms with van der Waals surface area (Å²) in [5.41, 5.74) is 9.43. The van der Waals surface area contributed by atoms with Gasteiger partial charge in [-0.1, -0.05) is 176 Å². The molecule has 1 heterocycles. The van der Waals surface area contributed by atoms with Crippen LogP contribution in [0.4, 0.5) is 22.7 Å². The van der Waals surface area contributed by atoms with Crippen LogP contribution in [0.15, 0.2) is 237 Å². The third-order valence-corrected chi connectivity index (χ3v) is 16.3. The molecule has 0 bridgehead atoms. The van der Waals surface area contributed by atoms with Crippen LogP contribution in [0.25, 0.3) is 43.5 Å². The molecule has 0 amide bonds. The van der Waals surface area contributed by atoms with Crippen LogP contribution in [0.5, 0.6) is 0 Å². The molecule has 0 aliphatic heterocycles. The SMILES string of the molecule is [C-]#[N+]c1ccc(N(c2ccc(-c3ccccc3)cc2)c2ccc3c(c2)c2cc([Si](c4ccccc4)(c4ccccc4)c4ccccc4)ccc2n3-c2ccccc2)cc1. The lowest BCUT2D eigenvalue weighted by molar-refractivity contribution is 1.18. The van der Waals surface area contributed by atoms with Gasteiger partial charge in [-0.25, -0.2) is 4.85 Å². The molecule has 4 heteroatoms. The lowest BCUT2D eigenvalue weighted by Crippen LogP contribution is -2.74. The highest BCUT2D eigenvalue weighted by Gasteiger charge is 2.41. The molecular formula is C55H39N3Si. The van der Waals surface area contributed by atoms with Crippen LogP contribution in [0.3, 0.4) is 0 Å². The topological polar surface area (TPSA) is 12.5 Å². The monoisotopic (exact) mass is 769 g/mol. The van der Waals surface area contributed by atoms with Crippen molar-refractivity contribution in [2.24, 2.45) is 0 Å². The van der Waals surface area contributed by atoms with Crippen LogP contribution < -0.4 is 25.6 Å². The molecule has 59 heavy (non-hydrogen) atoms. The number of benzene rings is 9. The van der Waals surface area contributed by atoms with Crippen molar-refractivity contribution in [1.82, 2.24) is 4.57 Å². The van der Waals surface area contributed by atoms with Gasteiger partial charge in [0.25, 0.3) is 0 Å². The lowest BCUT2D eigenvalue weighted by atomic mass is 10.0. The van der Waals surface area contributed by atoms with Crippen molar-refractivity contribution in [3.05, 3.63) is 248 Å². The molecule has 9 aromatic carbocycles. The van der Waals surface area contributed by atoms with E-state index in [2.05, 4.69) is 221 Å². The molecule has 0 spiro atoms. The molecule has 0 radical (unpaired) electrons. The summed E-state index contributed by atoms with van der Waals surface area (Å²) in [6.07, 6.45) is 0. The Hall–Kier alpha value is -7.71. The summed E-state index contributed by atoms with van der Waals surface area (Å²) < 4.78 is 2.40. The number of para-hydroxylation sites is 1. The van der Waals surface area contributed by atoms with E-state index in [1.54, 1.807) is 0 Å². The number of hydrogen-bond donors (Lipinski definition) is 0. The predicted octanol–water partition coefficient (Wildman–Crippen LogP) is 11.8. The highest BCUT2D eigenvalue weighted by molar-refractivity contribution is 7.20. The fraction of sp³-hybridized carbons (Fsp3) is 0. The Balaban J connectivity index is 1.24. The first-order chi connectivity index (χ1) is 29.2. The van der Waals surface area contributed by atoms with Crippen molar-refractivity contribution in [2.45, 2.75) is 0 Å². The van der Waals surface area contributed by atoms with Gasteiger partial charge in [-0.15, -0.1) is 0 Å². The van der Waals surface area contributed by atoms with E-state index >= 15 is 0 Å². The van der Waals surface area contributed by atoms with E-state index in [-0.39, 0.29) is 0 Å². The summed E-state index contributed by atoms with van der Waals surface area (Å²) in [5.74, 6) is 0. The van der Waals surface area contributed by atoms with Crippen molar-refractivity contribution in [1.29, 1.82) is 0 Å². The number of nitrogens with zero attached hydrogens (tertiary/aromatic N) is 3. The molecule has 0 saturated carbocycles. The number of aromatic nitrogens is 1. The Bertz CT molecular complexity index is 2970. The summed E-state index contributed by atoms with van der Waals surface area (Å²) in [5, 5.41) is 7.73.